The molecule has 1 aromatic carbocycles. The number of thioether (sulfide) groups is 1. The summed E-state index contributed by atoms with van der Waals surface area (Å²) >= 11 is 1.50. The molecule has 6 heteroatoms. The molecule has 0 radical (unpaired) electrons. The van der Waals surface area contributed by atoms with Gasteiger partial charge in [-0.1, -0.05) is 6.07 Å². The lowest BCUT2D eigenvalue weighted by Gasteiger charge is -2.29. The van der Waals surface area contributed by atoms with E-state index in [2.05, 4.69) is 0 Å². The Morgan fingerprint density at radius 3 is 2.95 bits per heavy atom. The van der Waals surface area contributed by atoms with E-state index in [9.17, 15) is 14.7 Å². The van der Waals surface area contributed by atoms with E-state index in [1.807, 2.05) is 18.2 Å². The first-order valence-corrected chi connectivity index (χ1v) is 7.51. The summed E-state index contributed by atoms with van der Waals surface area (Å²) in [5.41, 5.74) is 6.71. The first kappa shape index (κ1) is 14.9. The van der Waals surface area contributed by atoms with Gasteiger partial charge in [-0.25, -0.2) is 0 Å². The fourth-order valence-corrected chi connectivity index (χ4v) is 3.05. The maximum absolute atomic E-state index is 12.0. The fourth-order valence-electron chi connectivity index (χ4n) is 2.14. The van der Waals surface area contributed by atoms with E-state index in [1.54, 1.807) is 11.8 Å². The lowest BCUT2D eigenvalue weighted by Crippen LogP contribution is -2.36. The summed E-state index contributed by atoms with van der Waals surface area (Å²) in [6.45, 7) is 2.16. The molecule has 108 valence electrons. The second-order valence-corrected chi connectivity index (χ2v) is 5.82. The number of carbonyl (C=O) groups is 2. The topological polar surface area (TPSA) is 83.6 Å². The van der Waals surface area contributed by atoms with Crippen molar-refractivity contribution in [1.82, 2.24) is 0 Å². The number of anilines is 1. The number of primary amides is 1. The molecule has 1 unspecified atom stereocenters. The minimum atomic E-state index is -0.574. The third-order valence-corrected chi connectivity index (χ3v) is 4.26. The number of benzene rings is 1. The van der Waals surface area contributed by atoms with Crippen molar-refractivity contribution in [2.24, 2.45) is 5.73 Å². The Bertz CT molecular complexity index is 531. The van der Waals surface area contributed by atoms with Crippen molar-refractivity contribution in [1.29, 1.82) is 0 Å². The Hall–Kier alpha value is -1.53. The van der Waals surface area contributed by atoms with Crippen LogP contribution in [0, 0.1) is 0 Å². The smallest absolute Gasteiger partial charge is 0.237 e. The SMILES string of the molecule is CC(O)c1ccc2c(c1)N(CCCC(N)=O)C(=O)CS2. The van der Waals surface area contributed by atoms with Crippen molar-refractivity contribution in [2.45, 2.75) is 30.8 Å². The van der Waals surface area contributed by atoms with Crippen molar-refractivity contribution in [3.05, 3.63) is 23.8 Å². The van der Waals surface area contributed by atoms with Crippen LogP contribution < -0.4 is 10.6 Å². The highest BCUT2D eigenvalue weighted by molar-refractivity contribution is 8.00. The molecule has 20 heavy (non-hydrogen) atoms. The Balaban J connectivity index is 2.22. The number of nitrogens with two attached hydrogens (primary N) is 1. The highest BCUT2D eigenvalue weighted by Gasteiger charge is 2.25. The number of amides is 2. The third kappa shape index (κ3) is 3.32. The van der Waals surface area contributed by atoms with Crippen LogP contribution in [0.3, 0.4) is 0 Å². The van der Waals surface area contributed by atoms with E-state index in [4.69, 9.17) is 5.73 Å². The summed E-state index contributed by atoms with van der Waals surface area (Å²) in [4.78, 5) is 25.5. The Morgan fingerprint density at radius 2 is 2.30 bits per heavy atom. The van der Waals surface area contributed by atoms with Gasteiger partial charge < -0.3 is 15.7 Å². The van der Waals surface area contributed by atoms with Crippen LogP contribution in [0.4, 0.5) is 5.69 Å². The molecule has 0 aliphatic carbocycles. The third-order valence-electron chi connectivity index (χ3n) is 3.21. The van der Waals surface area contributed by atoms with Crippen LogP contribution in [0.1, 0.15) is 31.4 Å². The molecule has 1 aliphatic heterocycles. The first-order valence-electron chi connectivity index (χ1n) is 6.52. The highest BCUT2D eigenvalue weighted by Crippen LogP contribution is 2.37. The fraction of sp³-hybridized carbons (Fsp3) is 0.429. The summed E-state index contributed by atoms with van der Waals surface area (Å²) in [7, 11) is 0. The summed E-state index contributed by atoms with van der Waals surface area (Å²) in [6, 6.07) is 5.64. The molecule has 1 aliphatic rings. The number of rotatable bonds is 5. The number of aliphatic hydroxyl groups is 1. The maximum Gasteiger partial charge on any atom is 0.237 e. The Labute approximate surface area is 122 Å². The number of hydrogen-bond donors (Lipinski definition) is 2. The van der Waals surface area contributed by atoms with E-state index < -0.39 is 6.10 Å². The molecule has 0 saturated carbocycles. The molecule has 0 bridgehead atoms. The van der Waals surface area contributed by atoms with Gasteiger partial charge in [0.15, 0.2) is 0 Å². The van der Waals surface area contributed by atoms with Gasteiger partial charge in [0.25, 0.3) is 0 Å². The van der Waals surface area contributed by atoms with Crippen LogP contribution in [0.2, 0.25) is 0 Å². The van der Waals surface area contributed by atoms with Crippen molar-refractivity contribution in [2.75, 3.05) is 17.2 Å². The number of aliphatic hydroxyl groups excluding tert-OH is 1. The van der Waals surface area contributed by atoms with Crippen LogP contribution in [0.15, 0.2) is 23.1 Å². The van der Waals surface area contributed by atoms with Crippen molar-refractivity contribution < 1.29 is 14.7 Å². The highest BCUT2D eigenvalue weighted by atomic mass is 32.2. The Morgan fingerprint density at radius 1 is 1.55 bits per heavy atom. The van der Waals surface area contributed by atoms with E-state index in [-0.39, 0.29) is 18.2 Å². The van der Waals surface area contributed by atoms with Crippen LogP contribution >= 0.6 is 11.8 Å². The molecule has 0 saturated heterocycles. The monoisotopic (exact) mass is 294 g/mol. The first-order chi connectivity index (χ1) is 9.49. The van der Waals surface area contributed by atoms with Crippen LogP contribution in [-0.4, -0.2) is 29.2 Å². The minimum Gasteiger partial charge on any atom is -0.389 e. The summed E-state index contributed by atoms with van der Waals surface area (Å²) in [6.07, 6.45) is 0.238. The number of carbonyl (C=O) groups excluding carboxylic acids is 2. The molecular weight excluding hydrogens is 276 g/mol. The molecule has 2 amide bonds. The van der Waals surface area contributed by atoms with Gasteiger partial charge in [0, 0.05) is 17.9 Å². The zero-order chi connectivity index (χ0) is 14.7. The van der Waals surface area contributed by atoms with Crippen molar-refractivity contribution in [3.63, 3.8) is 0 Å². The number of fused-ring (bicyclic) bond motifs is 1. The maximum atomic E-state index is 12.0. The largest absolute Gasteiger partial charge is 0.389 e. The molecule has 3 N–H and O–H groups in total. The lowest BCUT2D eigenvalue weighted by atomic mass is 10.1. The molecular formula is C14H18N2O3S. The molecule has 1 aromatic rings. The minimum absolute atomic E-state index is 0.0229. The molecule has 0 fully saturated rings. The van der Waals surface area contributed by atoms with E-state index in [0.717, 1.165) is 16.1 Å². The molecule has 1 atom stereocenters. The van der Waals surface area contributed by atoms with Gasteiger partial charge in [-0.2, -0.15) is 0 Å². The zero-order valence-corrected chi connectivity index (χ0v) is 12.2. The van der Waals surface area contributed by atoms with Gasteiger partial charge in [0.2, 0.25) is 11.8 Å². The number of nitrogens with zero attached hydrogens (tertiary/aromatic N) is 1. The number of hydrogen-bond acceptors (Lipinski definition) is 4. The molecule has 0 spiro atoms. The molecule has 5 nitrogen and oxygen atoms in total. The second-order valence-electron chi connectivity index (χ2n) is 4.81. The summed E-state index contributed by atoms with van der Waals surface area (Å²) in [5, 5.41) is 9.65. The zero-order valence-electron chi connectivity index (χ0n) is 11.3. The standard InChI is InChI=1S/C14H18N2O3S/c1-9(17)10-4-5-12-11(7-10)16(14(19)8-20-12)6-2-3-13(15)18/h4-5,7,9,17H,2-3,6,8H2,1H3,(H2,15,18). The van der Waals surface area contributed by atoms with Crippen molar-refractivity contribution in [3.8, 4) is 0 Å². The van der Waals surface area contributed by atoms with Crippen LogP contribution in [0.25, 0.3) is 0 Å². The van der Waals surface area contributed by atoms with Gasteiger partial charge in [0.1, 0.15) is 0 Å². The van der Waals surface area contributed by atoms with E-state index >= 15 is 0 Å². The van der Waals surface area contributed by atoms with E-state index in [0.29, 0.717) is 18.7 Å². The lowest BCUT2D eigenvalue weighted by molar-refractivity contribution is -0.119. The predicted molar refractivity (Wildman–Crippen MR) is 78.6 cm³/mol. The molecule has 1 heterocycles. The van der Waals surface area contributed by atoms with Crippen LogP contribution in [0.5, 0.6) is 0 Å². The Kier molecular flexibility index (Phi) is 4.67. The summed E-state index contributed by atoms with van der Waals surface area (Å²) < 4.78 is 0. The second kappa shape index (κ2) is 6.28. The normalized spacial score (nSPS) is 15.9. The van der Waals surface area contributed by atoms with Crippen molar-refractivity contribution >= 4 is 29.3 Å². The van der Waals surface area contributed by atoms with Crippen LogP contribution in [-0.2, 0) is 9.59 Å². The summed E-state index contributed by atoms with van der Waals surface area (Å²) in [5.74, 6) is 0.0638. The van der Waals surface area contributed by atoms with Gasteiger partial charge in [0.05, 0.1) is 17.5 Å². The van der Waals surface area contributed by atoms with Gasteiger partial charge in [-0.05, 0) is 31.0 Å². The van der Waals surface area contributed by atoms with E-state index in [1.165, 1.54) is 11.8 Å². The van der Waals surface area contributed by atoms with Gasteiger partial charge in [-0.15, -0.1) is 11.8 Å². The molecule has 2 rings (SSSR count). The average Bonchev–Trinajstić information content (AvgIpc) is 2.40. The average molecular weight is 294 g/mol. The predicted octanol–water partition coefficient (Wildman–Crippen LogP) is 1.44. The van der Waals surface area contributed by atoms with Gasteiger partial charge in [-0.3, -0.25) is 9.59 Å². The molecule has 0 aromatic heterocycles. The quantitative estimate of drug-likeness (QED) is 0.861. The van der Waals surface area contributed by atoms with Gasteiger partial charge >= 0.3 is 0 Å².